The van der Waals surface area contributed by atoms with Gasteiger partial charge in [0.05, 0.1) is 0 Å². The van der Waals surface area contributed by atoms with Crippen molar-refractivity contribution < 1.29 is 14.7 Å². The lowest BCUT2D eigenvalue weighted by Gasteiger charge is -2.51. The van der Waals surface area contributed by atoms with Crippen LogP contribution in [0.25, 0.3) is 0 Å². The molecule has 1 aromatic carbocycles. The fourth-order valence-electron chi connectivity index (χ4n) is 8.67. The summed E-state index contributed by atoms with van der Waals surface area (Å²) in [6.07, 6.45) is 17.7. The molecule has 3 unspecified atom stereocenters. The third-order valence-electron chi connectivity index (χ3n) is 11.0. The number of likely N-dealkylation sites (tertiary alicyclic amines) is 1. The van der Waals surface area contributed by atoms with Gasteiger partial charge in [-0.3, -0.25) is 14.5 Å². The quantitative estimate of drug-likeness (QED) is 0.594. The summed E-state index contributed by atoms with van der Waals surface area (Å²) >= 11 is 0. The Bertz CT molecular complexity index is 1010. The lowest BCUT2D eigenvalue weighted by molar-refractivity contribution is -0.143. The van der Waals surface area contributed by atoms with Crippen LogP contribution in [0.3, 0.4) is 0 Å². The van der Waals surface area contributed by atoms with Crippen molar-refractivity contribution >= 4 is 11.8 Å². The van der Waals surface area contributed by atoms with E-state index in [2.05, 4.69) is 24.1 Å². The first kappa shape index (κ1) is 26.3. The molecule has 0 radical (unpaired) electrons. The predicted molar refractivity (Wildman–Crippen MR) is 149 cm³/mol. The molecule has 6 nitrogen and oxygen atoms in total. The summed E-state index contributed by atoms with van der Waals surface area (Å²) in [4.78, 5) is 32.1. The molecule has 5 aliphatic rings. The Morgan fingerprint density at radius 1 is 0.763 bits per heavy atom. The number of amides is 2. The van der Waals surface area contributed by atoms with Crippen LogP contribution in [0.4, 0.5) is 0 Å². The zero-order valence-electron chi connectivity index (χ0n) is 23.4. The summed E-state index contributed by atoms with van der Waals surface area (Å²) in [5.41, 5.74) is 1.33. The van der Waals surface area contributed by atoms with E-state index < -0.39 is 5.60 Å². The monoisotopic (exact) mass is 521 g/mol. The second-order valence-electron chi connectivity index (χ2n) is 13.1. The second kappa shape index (κ2) is 10.6. The average molecular weight is 522 g/mol. The molecule has 208 valence electrons. The van der Waals surface area contributed by atoms with Crippen LogP contribution in [0.2, 0.25) is 0 Å². The topological polar surface area (TPSA) is 64.1 Å². The third kappa shape index (κ3) is 4.70. The Morgan fingerprint density at radius 3 is 2.00 bits per heavy atom. The molecule has 3 atom stereocenters. The van der Waals surface area contributed by atoms with E-state index in [1.807, 2.05) is 17.0 Å². The van der Waals surface area contributed by atoms with Crippen LogP contribution >= 0.6 is 0 Å². The highest BCUT2D eigenvalue weighted by atomic mass is 16.3. The Kier molecular flexibility index (Phi) is 7.32. The van der Waals surface area contributed by atoms with Gasteiger partial charge >= 0.3 is 0 Å². The Balaban J connectivity index is 1.13. The molecule has 38 heavy (non-hydrogen) atoms. The first-order valence-corrected chi connectivity index (χ1v) is 15.6. The fourth-order valence-corrected chi connectivity index (χ4v) is 8.67. The smallest absolute Gasteiger partial charge is 0.254 e. The minimum atomic E-state index is -1.12. The largest absolute Gasteiger partial charge is 0.380 e. The molecular formula is C32H47N3O3. The molecule has 0 aromatic heterocycles. The van der Waals surface area contributed by atoms with Crippen molar-refractivity contribution in [3.8, 4) is 0 Å². The van der Waals surface area contributed by atoms with Gasteiger partial charge in [-0.05, 0) is 81.5 Å². The molecule has 2 aliphatic heterocycles. The van der Waals surface area contributed by atoms with Gasteiger partial charge < -0.3 is 14.9 Å². The Labute approximate surface area is 228 Å². The summed E-state index contributed by atoms with van der Waals surface area (Å²) in [5.74, 6) is 1.51. The van der Waals surface area contributed by atoms with E-state index in [9.17, 15) is 14.7 Å². The Hall–Kier alpha value is -1.92. The minimum Gasteiger partial charge on any atom is -0.380 e. The van der Waals surface area contributed by atoms with Gasteiger partial charge in [0.2, 0.25) is 0 Å². The van der Waals surface area contributed by atoms with Gasteiger partial charge in [0.25, 0.3) is 11.8 Å². The van der Waals surface area contributed by atoms with Gasteiger partial charge in [-0.25, -0.2) is 0 Å². The molecule has 3 saturated carbocycles. The van der Waals surface area contributed by atoms with Gasteiger partial charge in [0.15, 0.2) is 0 Å². The average Bonchev–Trinajstić information content (AvgIpc) is 3.61. The number of carbonyl (C=O) groups excluding carboxylic acids is 2. The predicted octanol–water partition coefficient (Wildman–Crippen LogP) is 5.16. The standard InChI is InChI=1S/C32H47N3O3/c1-33-28(23-27-11-7-8-16-32(27,33)26-9-5-3-2-4-6-10-26)24-12-14-25(15-13-24)29(36)34-19-21-35(22-20-34)30(37)31(38)17-18-31/h12-15,26-28,38H,2-11,16-23H2,1H3. The van der Waals surface area contributed by atoms with Crippen molar-refractivity contribution in [2.24, 2.45) is 11.8 Å². The van der Waals surface area contributed by atoms with Crippen LogP contribution in [0.1, 0.15) is 112 Å². The first-order valence-electron chi connectivity index (χ1n) is 15.6. The van der Waals surface area contributed by atoms with Gasteiger partial charge in [0, 0.05) is 43.3 Å². The lowest BCUT2D eigenvalue weighted by Crippen LogP contribution is -2.54. The molecule has 3 aliphatic carbocycles. The van der Waals surface area contributed by atoms with Crippen LogP contribution in [0, 0.1) is 11.8 Å². The molecule has 5 fully saturated rings. The molecule has 0 spiro atoms. The lowest BCUT2D eigenvalue weighted by atomic mass is 9.63. The van der Waals surface area contributed by atoms with Crippen molar-refractivity contribution in [1.82, 2.24) is 14.7 Å². The molecule has 0 bridgehead atoms. The van der Waals surface area contributed by atoms with Crippen LogP contribution in [0.15, 0.2) is 24.3 Å². The van der Waals surface area contributed by atoms with Gasteiger partial charge in [-0.15, -0.1) is 0 Å². The van der Waals surface area contributed by atoms with Crippen molar-refractivity contribution in [3.63, 3.8) is 0 Å². The van der Waals surface area contributed by atoms with Crippen molar-refractivity contribution in [2.45, 2.75) is 107 Å². The molecule has 1 aromatic rings. The summed E-state index contributed by atoms with van der Waals surface area (Å²) in [6.45, 7) is 2.06. The summed E-state index contributed by atoms with van der Waals surface area (Å²) in [7, 11) is 2.41. The van der Waals surface area contributed by atoms with E-state index in [0.29, 0.717) is 50.6 Å². The zero-order valence-corrected chi connectivity index (χ0v) is 23.4. The molecule has 6 heteroatoms. The number of aliphatic hydroxyl groups is 1. The maximum Gasteiger partial charge on any atom is 0.254 e. The van der Waals surface area contributed by atoms with Crippen LogP contribution < -0.4 is 0 Å². The van der Waals surface area contributed by atoms with E-state index in [4.69, 9.17) is 0 Å². The number of hydrogen-bond donors (Lipinski definition) is 1. The van der Waals surface area contributed by atoms with E-state index in [1.165, 1.54) is 82.6 Å². The van der Waals surface area contributed by atoms with E-state index >= 15 is 0 Å². The van der Waals surface area contributed by atoms with Crippen LogP contribution in [-0.4, -0.2) is 76.0 Å². The first-order chi connectivity index (χ1) is 18.4. The molecule has 2 amide bonds. The fraction of sp³-hybridized carbons (Fsp3) is 0.750. The third-order valence-corrected chi connectivity index (χ3v) is 11.0. The zero-order chi connectivity index (χ0) is 26.3. The number of benzene rings is 1. The summed E-state index contributed by atoms with van der Waals surface area (Å²) in [6, 6.07) is 8.91. The van der Waals surface area contributed by atoms with Crippen molar-refractivity contribution in [2.75, 3.05) is 33.2 Å². The maximum absolute atomic E-state index is 13.3. The van der Waals surface area contributed by atoms with E-state index in [-0.39, 0.29) is 11.8 Å². The second-order valence-corrected chi connectivity index (χ2v) is 13.1. The number of hydrogen-bond acceptors (Lipinski definition) is 4. The molecule has 1 N–H and O–H groups in total. The minimum absolute atomic E-state index is 0.0493. The van der Waals surface area contributed by atoms with Crippen LogP contribution in [0.5, 0.6) is 0 Å². The summed E-state index contributed by atoms with van der Waals surface area (Å²) < 4.78 is 0. The molecule has 2 heterocycles. The highest BCUT2D eigenvalue weighted by molar-refractivity contribution is 5.94. The van der Waals surface area contributed by atoms with Gasteiger partial charge in [-0.2, -0.15) is 0 Å². The van der Waals surface area contributed by atoms with E-state index in [0.717, 1.165) is 17.4 Å². The maximum atomic E-state index is 13.3. The van der Waals surface area contributed by atoms with Gasteiger partial charge in [-0.1, -0.05) is 57.1 Å². The summed E-state index contributed by atoms with van der Waals surface area (Å²) in [5, 5.41) is 10.1. The number of nitrogens with zero attached hydrogens (tertiary/aromatic N) is 3. The number of carbonyl (C=O) groups is 2. The SMILES string of the molecule is CN1C(c2ccc(C(=O)N3CCN(C(=O)C4(O)CC4)CC3)cc2)CC2CCCCC21C1CCCCCCC1. The highest BCUT2D eigenvalue weighted by Gasteiger charge is 2.56. The number of rotatable bonds is 4. The van der Waals surface area contributed by atoms with Crippen molar-refractivity contribution in [3.05, 3.63) is 35.4 Å². The number of fused-ring (bicyclic) bond motifs is 1. The van der Waals surface area contributed by atoms with Crippen molar-refractivity contribution in [1.29, 1.82) is 0 Å². The van der Waals surface area contributed by atoms with Crippen LogP contribution in [-0.2, 0) is 4.79 Å². The van der Waals surface area contributed by atoms with Gasteiger partial charge in [0.1, 0.15) is 5.60 Å². The molecule has 2 saturated heterocycles. The molecule has 6 rings (SSSR count). The highest BCUT2D eigenvalue weighted by Crippen LogP contribution is 2.57. The van der Waals surface area contributed by atoms with E-state index in [1.54, 1.807) is 4.90 Å². The Morgan fingerprint density at radius 2 is 1.34 bits per heavy atom. The molecular weight excluding hydrogens is 474 g/mol. The number of piperazine rings is 1. The normalized spacial score (nSPS) is 32.4.